The number of esters is 1. The molecule has 6 nitrogen and oxygen atoms in total. The van der Waals surface area contributed by atoms with Crippen LogP contribution in [0.2, 0.25) is 0 Å². The molecule has 0 aliphatic rings. The van der Waals surface area contributed by atoms with Crippen LogP contribution in [0, 0.1) is 0 Å². The van der Waals surface area contributed by atoms with Crippen LogP contribution in [0.5, 0.6) is 17.2 Å². The molecule has 0 fully saturated rings. The summed E-state index contributed by atoms with van der Waals surface area (Å²) in [6.45, 7) is 2.86. The Morgan fingerprint density at radius 1 is 0.862 bits per heavy atom. The summed E-state index contributed by atoms with van der Waals surface area (Å²) in [6, 6.07) is 10.8. The highest BCUT2D eigenvalue weighted by Crippen LogP contribution is 2.29. The van der Waals surface area contributed by atoms with Gasteiger partial charge in [-0.3, -0.25) is 0 Å². The molecule has 156 valence electrons. The number of unbranched alkanes of at least 4 members (excludes halogenated alkanes) is 5. The van der Waals surface area contributed by atoms with Gasteiger partial charge >= 0.3 is 11.9 Å². The number of hydrogen-bond acceptors (Lipinski definition) is 5. The van der Waals surface area contributed by atoms with Crippen molar-refractivity contribution in [3.63, 3.8) is 0 Å². The first-order valence-electron chi connectivity index (χ1n) is 9.91. The Balaban J connectivity index is 1.86. The van der Waals surface area contributed by atoms with Crippen LogP contribution in [0.25, 0.3) is 0 Å². The number of carboxylic acid groups (broad SMARTS) is 1. The smallest absolute Gasteiger partial charge is 0.343 e. The number of ether oxygens (including phenoxy) is 3. The van der Waals surface area contributed by atoms with Gasteiger partial charge in [-0.1, -0.05) is 39.0 Å². The first kappa shape index (κ1) is 22.3. The van der Waals surface area contributed by atoms with Crippen LogP contribution in [0.15, 0.2) is 42.5 Å². The molecule has 0 atom stereocenters. The molecule has 2 rings (SSSR count). The largest absolute Gasteiger partial charge is 0.494 e. The molecule has 1 N–H and O–H groups in total. The number of hydrogen-bond donors (Lipinski definition) is 1. The van der Waals surface area contributed by atoms with Crippen molar-refractivity contribution >= 4 is 11.9 Å². The van der Waals surface area contributed by atoms with Gasteiger partial charge in [-0.25, -0.2) is 9.59 Å². The SMILES string of the molecule is CCCCCCCCOc1ccc(C(=O)Oc2ccc(C(=O)O)cc2OC)cc1. The van der Waals surface area contributed by atoms with E-state index < -0.39 is 11.9 Å². The lowest BCUT2D eigenvalue weighted by molar-refractivity contribution is 0.0696. The molecule has 0 aliphatic carbocycles. The third-order valence-corrected chi connectivity index (χ3v) is 4.47. The van der Waals surface area contributed by atoms with Gasteiger partial charge in [-0.15, -0.1) is 0 Å². The molecule has 2 aromatic rings. The second-order valence-electron chi connectivity index (χ2n) is 6.70. The fraction of sp³-hybridized carbons (Fsp3) is 0.391. The van der Waals surface area contributed by atoms with E-state index in [0.717, 1.165) is 12.8 Å². The van der Waals surface area contributed by atoms with Crippen molar-refractivity contribution in [3.8, 4) is 17.2 Å². The molecule has 6 heteroatoms. The van der Waals surface area contributed by atoms with E-state index in [1.165, 1.54) is 51.0 Å². The van der Waals surface area contributed by atoms with E-state index >= 15 is 0 Å². The summed E-state index contributed by atoms with van der Waals surface area (Å²) in [5.41, 5.74) is 0.412. The standard InChI is InChI=1S/C23H28O6/c1-3-4-5-6-7-8-15-28-19-12-9-17(10-13-19)23(26)29-20-14-11-18(22(24)25)16-21(20)27-2/h9-14,16H,3-8,15H2,1-2H3,(H,24,25). The monoisotopic (exact) mass is 400 g/mol. The van der Waals surface area contributed by atoms with Crippen molar-refractivity contribution in [2.45, 2.75) is 45.4 Å². The van der Waals surface area contributed by atoms with Gasteiger partial charge in [0, 0.05) is 0 Å². The van der Waals surface area contributed by atoms with E-state index in [2.05, 4.69) is 6.92 Å². The Morgan fingerprint density at radius 2 is 1.52 bits per heavy atom. The number of benzene rings is 2. The van der Waals surface area contributed by atoms with Crippen LogP contribution >= 0.6 is 0 Å². The highest BCUT2D eigenvalue weighted by atomic mass is 16.6. The highest BCUT2D eigenvalue weighted by Gasteiger charge is 2.15. The number of carbonyl (C=O) groups is 2. The molecule has 0 bridgehead atoms. The maximum absolute atomic E-state index is 12.4. The van der Waals surface area contributed by atoms with Gasteiger partial charge in [0.05, 0.1) is 24.8 Å². The van der Waals surface area contributed by atoms with Gasteiger partial charge in [0.25, 0.3) is 0 Å². The summed E-state index contributed by atoms with van der Waals surface area (Å²) in [7, 11) is 1.38. The Morgan fingerprint density at radius 3 is 2.17 bits per heavy atom. The Labute approximate surface area is 171 Å². The lowest BCUT2D eigenvalue weighted by atomic mass is 10.1. The fourth-order valence-corrected chi connectivity index (χ4v) is 2.80. The van der Waals surface area contributed by atoms with E-state index in [1.807, 2.05) is 0 Å². The summed E-state index contributed by atoms with van der Waals surface area (Å²) in [5.74, 6) is -0.604. The Bertz CT molecular complexity index is 798. The van der Waals surface area contributed by atoms with Crippen molar-refractivity contribution < 1.29 is 28.9 Å². The zero-order chi connectivity index (χ0) is 21.1. The van der Waals surface area contributed by atoms with Gasteiger partial charge in [0.15, 0.2) is 11.5 Å². The second kappa shape index (κ2) is 11.7. The first-order chi connectivity index (χ1) is 14.0. The van der Waals surface area contributed by atoms with Crippen LogP contribution in [0.4, 0.5) is 0 Å². The van der Waals surface area contributed by atoms with Gasteiger partial charge in [-0.2, -0.15) is 0 Å². The minimum atomic E-state index is -1.09. The van der Waals surface area contributed by atoms with E-state index in [4.69, 9.17) is 19.3 Å². The van der Waals surface area contributed by atoms with E-state index in [-0.39, 0.29) is 17.1 Å². The molecule has 0 saturated heterocycles. The predicted octanol–water partition coefficient (Wildman–Crippen LogP) is 5.35. The van der Waals surface area contributed by atoms with Crippen molar-refractivity contribution in [1.82, 2.24) is 0 Å². The number of methoxy groups -OCH3 is 1. The lowest BCUT2D eigenvalue weighted by Crippen LogP contribution is -2.10. The summed E-state index contributed by atoms with van der Waals surface area (Å²) in [4.78, 5) is 23.4. The molecule has 2 aromatic carbocycles. The normalized spacial score (nSPS) is 10.4. The lowest BCUT2D eigenvalue weighted by Gasteiger charge is -2.10. The van der Waals surface area contributed by atoms with Crippen LogP contribution in [0.1, 0.15) is 66.2 Å². The molecule has 0 aliphatic heterocycles. The molecule has 0 aromatic heterocycles. The fourth-order valence-electron chi connectivity index (χ4n) is 2.80. The third-order valence-electron chi connectivity index (χ3n) is 4.47. The molecular weight excluding hydrogens is 372 g/mol. The van der Waals surface area contributed by atoms with Crippen molar-refractivity contribution in [3.05, 3.63) is 53.6 Å². The van der Waals surface area contributed by atoms with Crippen LogP contribution in [-0.2, 0) is 0 Å². The second-order valence-corrected chi connectivity index (χ2v) is 6.70. The minimum Gasteiger partial charge on any atom is -0.494 e. The summed E-state index contributed by atoms with van der Waals surface area (Å²) < 4.78 is 16.2. The first-order valence-corrected chi connectivity index (χ1v) is 9.91. The van der Waals surface area contributed by atoms with Crippen molar-refractivity contribution in [2.24, 2.45) is 0 Å². The maximum atomic E-state index is 12.4. The Hall–Kier alpha value is -3.02. The highest BCUT2D eigenvalue weighted by molar-refractivity contribution is 5.92. The third kappa shape index (κ3) is 7.14. The molecule has 0 radical (unpaired) electrons. The molecule has 29 heavy (non-hydrogen) atoms. The summed E-state index contributed by atoms with van der Waals surface area (Å²) in [6.07, 6.45) is 7.21. The van der Waals surface area contributed by atoms with E-state index in [1.54, 1.807) is 24.3 Å². The Kier molecular flexibility index (Phi) is 9.02. The molecule has 0 unspecified atom stereocenters. The van der Waals surface area contributed by atoms with Crippen LogP contribution in [0.3, 0.4) is 0 Å². The van der Waals surface area contributed by atoms with Crippen LogP contribution < -0.4 is 14.2 Å². The molecule has 0 heterocycles. The maximum Gasteiger partial charge on any atom is 0.343 e. The molecule has 0 saturated carbocycles. The molecule has 0 amide bonds. The average molecular weight is 400 g/mol. The summed E-state index contributed by atoms with van der Waals surface area (Å²) in [5, 5.41) is 9.03. The average Bonchev–Trinajstić information content (AvgIpc) is 2.73. The number of carboxylic acids is 1. The van der Waals surface area contributed by atoms with Crippen molar-refractivity contribution in [1.29, 1.82) is 0 Å². The van der Waals surface area contributed by atoms with E-state index in [9.17, 15) is 9.59 Å². The van der Waals surface area contributed by atoms with Gasteiger partial charge in [0.1, 0.15) is 5.75 Å². The quantitative estimate of drug-likeness (QED) is 0.294. The van der Waals surface area contributed by atoms with Gasteiger partial charge in [-0.05, 0) is 48.9 Å². The molecular formula is C23H28O6. The van der Waals surface area contributed by atoms with Crippen molar-refractivity contribution in [2.75, 3.05) is 13.7 Å². The van der Waals surface area contributed by atoms with Gasteiger partial charge in [0.2, 0.25) is 0 Å². The zero-order valence-corrected chi connectivity index (χ0v) is 17.0. The van der Waals surface area contributed by atoms with E-state index in [0.29, 0.717) is 17.9 Å². The van der Waals surface area contributed by atoms with Gasteiger partial charge < -0.3 is 19.3 Å². The topological polar surface area (TPSA) is 82.1 Å². The number of rotatable bonds is 12. The summed E-state index contributed by atoms with van der Waals surface area (Å²) >= 11 is 0. The zero-order valence-electron chi connectivity index (χ0n) is 17.0. The molecule has 0 spiro atoms. The van der Waals surface area contributed by atoms with Crippen LogP contribution in [-0.4, -0.2) is 30.8 Å². The number of carbonyl (C=O) groups excluding carboxylic acids is 1. The predicted molar refractivity (Wildman–Crippen MR) is 110 cm³/mol. The minimum absolute atomic E-state index is 0.0496. The number of aromatic carboxylic acids is 1.